The average Bonchev–Trinajstić information content (AvgIpc) is 2.98. The number of hydrogen-bond donors (Lipinski definition) is 1. The van der Waals surface area contributed by atoms with E-state index < -0.39 is 5.97 Å². The third-order valence-electron chi connectivity index (χ3n) is 3.06. The number of nitrogens with zero attached hydrogens (tertiary/aromatic N) is 4. The van der Waals surface area contributed by atoms with Crippen LogP contribution < -0.4 is 4.90 Å². The molecule has 18 heavy (non-hydrogen) atoms. The number of halogens is 1. The maximum atomic E-state index is 11.1. The number of carbonyl (C=O) groups is 1. The van der Waals surface area contributed by atoms with Gasteiger partial charge in [-0.05, 0) is 28.8 Å². The van der Waals surface area contributed by atoms with Gasteiger partial charge in [-0.2, -0.15) is 9.61 Å². The molecule has 3 rings (SSSR count). The Morgan fingerprint density at radius 2 is 2.11 bits per heavy atom. The summed E-state index contributed by atoms with van der Waals surface area (Å²) in [5.41, 5.74) is 0.586. The van der Waals surface area contributed by atoms with Gasteiger partial charge in [0.2, 0.25) is 0 Å². The molecule has 0 radical (unpaired) electrons. The van der Waals surface area contributed by atoms with Crippen molar-refractivity contribution in [3.05, 3.63) is 22.4 Å². The van der Waals surface area contributed by atoms with Gasteiger partial charge in [-0.3, -0.25) is 0 Å². The molecule has 0 unspecified atom stereocenters. The lowest BCUT2D eigenvalue weighted by Gasteiger charge is -2.18. The van der Waals surface area contributed by atoms with E-state index in [4.69, 9.17) is 5.11 Å². The summed E-state index contributed by atoms with van der Waals surface area (Å²) in [6.45, 7) is 1.85. The molecule has 7 heteroatoms. The zero-order chi connectivity index (χ0) is 12.7. The predicted octanol–water partition coefficient (Wildman–Crippen LogP) is 1.79. The normalized spacial score (nSPS) is 15.5. The first kappa shape index (κ1) is 11.5. The van der Waals surface area contributed by atoms with Crippen molar-refractivity contribution in [3.8, 4) is 0 Å². The Kier molecular flexibility index (Phi) is 2.70. The van der Waals surface area contributed by atoms with Crippen molar-refractivity contribution < 1.29 is 9.90 Å². The van der Waals surface area contributed by atoms with Gasteiger partial charge in [0.05, 0.1) is 10.7 Å². The van der Waals surface area contributed by atoms with E-state index in [2.05, 4.69) is 30.9 Å². The van der Waals surface area contributed by atoms with Crippen LogP contribution in [0.15, 0.2) is 16.7 Å². The van der Waals surface area contributed by atoms with Gasteiger partial charge in [0, 0.05) is 19.2 Å². The zero-order valence-electron chi connectivity index (χ0n) is 9.51. The van der Waals surface area contributed by atoms with E-state index in [1.54, 1.807) is 16.8 Å². The number of hydrogen-bond acceptors (Lipinski definition) is 4. The topological polar surface area (TPSA) is 70.7 Å². The summed E-state index contributed by atoms with van der Waals surface area (Å²) in [6, 6.07) is 1.58. The maximum Gasteiger partial charge on any atom is 0.354 e. The van der Waals surface area contributed by atoms with Gasteiger partial charge in [0.1, 0.15) is 5.82 Å². The molecular weight excluding hydrogens is 300 g/mol. The predicted molar refractivity (Wildman–Crippen MR) is 69.1 cm³/mol. The van der Waals surface area contributed by atoms with E-state index in [0.717, 1.165) is 31.7 Å². The summed E-state index contributed by atoms with van der Waals surface area (Å²) >= 11 is 3.34. The van der Waals surface area contributed by atoms with Crippen LogP contribution in [0, 0.1) is 0 Å². The van der Waals surface area contributed by atoms with Crippen LogP contribution in [0.25, 0.3) is 5.65 Å². The fraction of sp³-hybridized carbons (Fsp3) is 0.364. The maximum absolute atomic E-state index is 11.1. The Morgan fingerprint density at radius 3 is 2.78 bits per heavy atom. The van der Waals surface area contributed by atoms with Crippen molar-refractivity contribution in [1.82, 2.24) is 14.6 Å². The second-order valence-corrected chi connectivity index (χ2v) is 5.08. The monoisotopic (exact) mass is 310 g/mol. The lowest BCUT2D eigenvalue weighted by Crippen LogP contribution is -2.22. The van der Waals surface area contributed by atoms with Crippen LogP contribution >= 0.6 is 15.9 Å². The molecule has 6 nitrogen and oxygen atoms in total. The van der Waals surface area contributed by atoms with Crippen molar-refractivity contribution >= 4 is 33.4 Å². The highest BCUT2D eigenvalue weighted by atomic mass is 79.9. The quantitative estimate of drug-likeness (QED) is 0.915. The van der Waals surface area contributed by atoms with Gasteiger partial charge < -0.3 is 10.0 Å². The van der Waals surface area contributed by atoms with E-state index in [9.17, 15) is 4.79 Å². The lowest BCUT2D eigenvalue weighted by molar-refractivity contribution is 0.0690. The van der Waals surface area contributed by atoms with E-state index in [1.807, 2.05) is 0 Å². The van der Waals surface area contributed by atoms with E-state index in [-0.39, 0.29) is 5.69 Å². The van der Waals surface area contributed by atoms with Gasteiger partial charge in [-0.25, -0.2) is 9.78 Å². The molecule has 1 saturated heterocycles. The fourth-order valence-electron chi connectivity index (χ4n) is 2.20. The second kappa shape index (κ2) is 4.24. The van der Waals surface area contributed by atoms with E-state index in [1.165, 1.54) is 0 Å². The first-order valence-corrected chi connectivity index (χ1v) is 6.48. The van der Waals surface area contributed by atoms with Crippen LogP contribution in [0.3, 0.4) is 0 Å². The molecule has 1 aliphatic rings. The van der Waals surface area contributed by atoms with Crippen LogP contribution in [-0.4, -0.2) is 38.8 Å². The van der Waals surface area contributed by atoms with Gasteiger partial charge in [-0.15, -0.1) is 0 Å². The van der Waals surface area contributed by atoms with Crippen molar-refractivity contribution in [2.75, 3.05) is 18.0 Å². The fourth-order valence-corrected chi connectivity index (χ4v) is 2.55. The molecule has 0 atom stereocenters. The van der Waals surface area contributed by atoms with Gasteiger partial charge in [-0.1, -0.05) is 0 Å². The molecular formula is C11H11BrN4O2. The number of carboxylic acid groups (broad SMARTS) is 1. The standard InChI is InChI=1S/C11H11BrN4O2/c12-7-6-13-16-9(15-3-1-2-4-15)5-8(11(17)18)14-10(7)16/h5-6H,1-4H2,(H,17,18). The molecule has 3 heterocycles. The smallest absolute Gasteiger partial charge is 0.354 e. The highest BCUT2D eigenvalue weighted by Gasteiger charge is 2.20. The SMILES string of the molecule is O=C(O)c1cc(N2CCCC2)n2ncc(Br)c2n1. The summed E-state index contributed by atoms with van der Waals surface area (Å²) in [5, 5.41) is 13.3. The molecule has 0 bridgehead atoms. The van der Waals surface area contributed by atoms with Gasteiger partial charge in [0.15, 0.2) is 11.3 Å². The van der Waals surface area contributed by atoms with Crippen molar-refractivity contribution in [2.45, 2.75) is 12.8 Å². The molecule has 0 aromatic carbocycles. The second-order valence-electron chi connectivity index (χ2n) is 4.23. The van der Waals surface area contributed by atoms with Crippen LogP contribution in [0.5, 0.6) is 0 Å². The summed E-state index contributed by atoms with van der Waals surface area (Å²) in [7, 11) is 0. The average molecular weight is 311 g/mol. The molecule has 0 aliphatic carbocycles. The Balaban J connectivity index is 2.23. The zero-order valence-corrected chi connectivity index (χ0v) is 11.1. The molecule has 0 spiro atoms. The van der Waals surface area contributed by atoms with Crippen molar-refractivity contribution in [2.24, 2.45) is 0 Å². The molecule has 0 saturated carbocycles. The number of rotatable bonds is 2. The van der Waals surface area contributed by atoms with Crippen LogP contribution in [-0.2, 0) is 0 Å². The van der Waals surface area contributed by atoms with Crippen LogP contribution in [0.4, 0.5) is 5.82 Å². The van der Waals surface area contributed by atoms with Crippen LogP contribution in [0.2, 0.25) is 0 Å². The minimum Gasteiger partial charge on any atom is -0.477 e. The molecule has 94 valence electrons. The molecule has 0 amide bonds. The van der Waals surface area contributed by atoms with Gasteiger partial charge >= 0.3 is 5.97 Å². The highest BCUT2D eigenvalue weighted by molar-refractivity contribution is 9.10. The number of carboxylic acids is 1. The summed E-state index contributed by atoms with van der Waals surface area (Å²) in [5.74, 6) is -0.230. The first-order chi connectivity index (χ1) is 8.66. The van der Waals surface area contributed by atoms with Crippen molar-refractivity contribution in [1.29, 1.82) is 0 Å². The Morgan fingerprint density at radius 1 is 1.39 bits per heavy atom. The Labute approximate surface area is 111 Å². The molecule has 2 aromatic rings. The van der Waals surface area contributed by atoms with Gasteiger partial charge in [0.25, 0.3) is 0 Å². The minimum absolute atomic E-state index is 0.0469. The van der Waals surface area contributed by atoms with E-state index >= 15 is 0 Å². The number of fused-ring (bicyclic) bond motifs is 1. The number of anilines is 1. The molecule has 1 aliphatic heterocycles. The third kappa shape index (κ3) is 1.74. The third-order valence-corrected chi connectivity index (χ3v) is 3.62. The largest absolute Gasteiger partial charge is 0.477 e. The molecule has 1 N–H and O–H groups in total. The lowest BCUT2D eigenvalue weighted by atomic mass is 10.3. The van der Waals surface area contributed by atoms with Crippen molar-refractivity contribution in [3.63, 3.8) is 0 Å². The Bertz CT molecular complexity index is 619. The number of aromatic carboxylic acids is 1. The first-order valence-electron chi connectivity index (χ1n) is 5.69. The molecule has 2 aromatic heterocycles. The van der Waals surface area contributed by atoms with Crippen LogP contribution in [0.1, 0.15) is 23.3 Å². The number of aromatic nitrogens is 3. The highest BCUT2D eigenvalue weighted by Crippen LogP contribution is 2.25. The summed E-state index contributed by atoms with van der Waals surface area (Å²) < 4.78 is 2.38. The minimum atomic E-state index is -1.02. The van der Waals surface area contributed by atoms with E-state index in [0.29, 0.717) is 10.1 Å². The molecule has 1 fully saturated rings. The summed E-state index contributed by atoms with van der Waals surface area (Å²) in [4.78, 5) is 17.4. The summed E-state index contributed by atoms with van der Waals surface area (Å²) in [6.07, 6.45) is 3.87. The Hall–Kier alpha value is -1.63.